The van der Waals surface area contributed by atoms with Crippen LogP contribution in [0.25, 0.3) is 0 Å². The predicted octanol–water partition coefficient (Wildman–Crippen LogP) is 3.39. The zero-order valence-corrected chi connectivity index (χ0v) is 15.2. The number of para-hydroxylation sites is 2. The third-order valence-electron chi connectivity index (χ3n) is 4.33. The maximum atomic E-state index is 12.6. The number of likely N-dealkylation sites (N-methyl/N-ethyl adjacent to an activating group) is 1. The molecule has 0 fully saturated rings. The number of nitrogens with one attached hydrogen (secondary N) is 1. The first-order valence-corrected chi connectivity index (χ1v) is 8.86. The van der Waals surface area contributed by atoms with Crippen molar-refractivity contribution in [2.75, 3.05) is 38.4 Å². The highest BCUT2D eigenvalue weighted by atomic mass is 16.7. The van der Waals surface area contributed by atoms with Crippen LogP contribution < -0.4 is 19.5 Å². The number of carbonyl (C=O) groups is 1. The van der Waals surface area contributed by atoms with Gasteiger partial charge in [-0.15, -0.1) is 0 Å². The lowest BCUT2D eigenvalue weighted by Crippen LogP contribution is -2.28. The lowest BCUT2D eigenvalue weighted by molar-refractivity contribution is 0.102. The summed E-state index contributed by atoms with van der Waals surface area (Å²) in [7, 11) is 0. The Morgan fingerprint density at radius 1 is 1.12 bits per heavy atom. The van der Waals surface area contributed by atoms with Crippen molar-refractivity contribution in [2.45, 2.75) is 13.8 Å². The van der Waals surface area contributed by atoms with Crippen molar-refractivity contribution >= 4 is 11.6 Å². The number of anilines is 1. The summed E-state index contributed by atoms with van der Waals surface area (Å²) in [6, 6.07) is 12.6. The molecule has 0 saturated heterocycles. The topological polar surface area (TPSA) is 60.0 Å². The van der Waals surface area contributed by atoms with Crippen molar-refractivity contribution in [1.82, 2.24) is 4.90 Å². The van der Waals surface area contributed by atoms with Crippen LogP contribution in [0.1, 0.15) is 24.2 Å². The third-order valence-corrected chi connectivity index (χ3v) is 4.33. The maximum absolute atomic E-state index is 12.6. The van der Waals surface area contributed by atoms with E-state index in [-0.39, 0.29) is 12.7 Å². The second-order valence-corrected chi connectivity index (χ2v) is 5.89. The minimum absolute atomic E-state index is 0.184. The SMILES string of the molecule is CCN(CC)CCOc1ccccc1NC(=O)c1ccc2c(c1)OCO2. The highest BCUT2D eigenvalue weighted by molar-refractivity contribution is 6.05. The molecule has 0 spiro atoms. The molecule has 1 heterocycles. The lowest BCUT2D eigenvalue weighted by atomic mass is 10.2. The maximum Gasteiger partial charge on any atom is 0.255 e. The molecule has 1 aliphatic rings. The molecule has 138 valence electrons. The summed E-state index contributed by atoms with van der Waals surface area (Å²) in [4.78, 5) is 14.9. The molecule has 1 N–H and O–H groups in total. The summed E-state index contributed by atoms with van der Waals surface area (Å²) in [5.74, 6) is 1.68. The van der Waals surface area contributed by atoms with Crippen LogP contribution in [-0.4, -0.2) is 43.8 Å². The highest BCUT2D eigenvalue weighted by Crippen LogP contribution is 2.33. The molecule has 0 aliphatic carbocycles. The fraction of sp³-hybridized carbons (Fsp3) is 0.350. The molecule has 0 saturated carbocycles. The summed E-state index contributed by atoms with van der Waals surface area (Å²) < 4.78 is 16.5. The quantitative estimate of drug-likeness (QED) is 0.786. The van der Waals surface area contributed by atoms with E-state index in [0.29, 0.717) is 35.1 Å². The van der Waals surface area contributed by atoms with Crippen molar-refractivity contribution in [3.05, 3.63) is 48.0 Å². The molecule has 1 aliphatic heterocycles. The van der Waals surface area contributed by atoms with Gasteiger partial charge in [-0.25, -0.2) is 0 Å². The molecule has 2 aromatic carbocycles. The molecule has 0 aromatic heterocycles. The number of nitrogens with zero attached hydrogens (tertiary/aromatic N) is 1. The van der Waals surface area contributed by atoms with Crippen molar-refractivity contribution in [3.8, 4) is 17.2 Å². The van der Waals surface area contributed by atoms with E-state index in [9.17, 15) is 4.79 Å². The van der Waals surface area contributed by atoms with Gasteiger partial charge in [-0.2, -0.15) is 0 Å². The number of carbonyl (C=O) groups excluding carboxylic acids is 1. The summed E-state index contributed by atoms with van der Waals surface area (Å²) in [5, 5.41) is 2.91. The van der Waals surface area contributed by atoms with Gasteiger partial charge in [0.2, 0.25) is 6.79 Å². The molecule has 1 amide bonds. The van der Waals surface area contributed by atoms with Gasteiger partial charge in [0.1, 0.15) is 12.4 Å². The highest BCUT2D eigenvalue weighted by Gasteiger charge is 2.17. The minimum atomic E-state index is -0.219. The first-order chi connectivity index (χ1) is 12.7. The number of ether oxygens (including phenoxy) is 3. The summed E-state index contributed by atoms with van der Waals surface area (Å²) in [6.45, 7) is 7.83. The monoisotopic (exact) mass is 356 g/mol. The Hall–Kier alpha value is -2.73. The molecular formula is C20H24N2O4. The number of fused-ring (bicyclic) bond motifs is 1. The zero-order valence-electron chi connectivity index (χ0n) is 15.2. The Morgan fingerprint density at radius 2 is 1.88 bits per heavy atom. The van der Waals surface area contributed by atoms with Gasteiger partial charge in [-0.05, 0) is 43.4 Å². The van der Waals surface area contributed by atoms with Crippen LogP contribution in [0, 0.1) is 0 Å². The molecule has 6 heteroatoms. The van der Waals surface area contributed by atoms with Gasteiger partial charge in [0, 0.05) is 12.1 Å². The Bertz CT molecular complexity index is 759. The molecule has 6 nitrogen and oxygen atoms in total. The number of amides is 1. The smallest absolute Gasteiger partial charge is 0.255 e. The Kier molecular flexibility index (Phi) is 5.96. The van der Waals surface area contributed by atoms with E-state index in [0.717, 1.165) is 19.6 Å². The van der Waals surface area contributed by atoms with E-state index in [1.54, 1.807) is 18.2 Å². The van der Waals surface area contributed by atoms with Crippen LogP contribution in [-0.2, 0) is 0 Å². The number of benzene rings is 2. The average molecular weight is 356 g/mol. The molecule has 0 atom stereocenters. The summed E-state index contributed by atoms with van der Waals surface area (Å²) in [6.07, 6.45) is 0. The van der Waals surface area contributed by atoms with Gasteiger partial charge in [0.25, 0.3) is 5.91 Å². The fourth-order valence-corrected chi connectivity index (χ4v) is 2.75. The Balaban J connectivity index is 1.65. The van der Waals surface area contributed by atoms with Crippen molar-refractivity contribution in [2.24, 2.45) is 0 Å². The zero-order chi connectivity index (χ0) is 18.4. The Morgan fingerprint density at radius 3 is 2.69 bits per heavy atom. The number of hydrogen-bond acceptors (Lipinski definition) is 5. The minimum Gasteiger partial charge on any atom is -0.490 e. The average Bonchev–Trinajstić information content (AvgIpc) is 3.14. The molecule has 3 rings (SSSR count). The number of rotatable bonds is 8. The van der Waals surface area contributed by atoms with E-state index >= 15 is 0 Å². The van der Waals surface area contributed by atoms with Gasteiger partial charge in [-0.1, -0.05) is 26.0 Å². The Labute approximate surface area is 153 Å². The van der Waals surface area contributed by atoms with Crippen molar-refractivity contribution in [1.29, 1.82) is 0 Å². The van der Waals surface area contributed by atoms with Crippen molar-refractivity contribution < 1.29 is 19.0 Å². The van der Waals surface area contributed by atoms with Gasteiger partial charge in [0.15, 0.2) is 11.5 Å². The van der Waals surface area contributed by atoms with Gasteiger partial charge in [0.05, 0.1) is 5.69 Å². The van der Waals surface area contributed by atoms with Gasteiger partial charge < -0.3 is 24.4 Å². The lowest BCUT2D eigenvalue weighted by Gasteiger charge is -2.19. The van der Waals surface area contributed by atoms with Crippen LogP contribution in [0.3, 0.4) is 0 Å². The molecule has 0 bridgehead atoms. The summed E-state index contributed by atoms with van der Waals surface area (Å²) in [5.41, 5.74) is 1.15. The standard InChI is InChI=1S/C20H24N2O4/c1-3-22(4-2)11-12-24-17-8-6-5-7-16(17)21-20(23)15-9-10-18-19(13-15)26-14-25-18/h5-10,13H,3-4,11-12,14H2,1-2H3,(H,21,23). The molecule has 26 heavy (non-hydrogen) atoms. The van der Waals surface area contributed by atoms with E-state index in [1.807, 2.05) is 24.3 Å². The van der Waals surface area contributed by atoms with Gasteiger partial charge in [-0.3, -0.25) is 4.79 Å². The normalized spacial score (nSPS) is 12.3. The predicted molar refractivity (Wildman–Crippen MR) is 100 cm³/mol. The van der Waals surface area contributed by atoms with Crippen LogP contribution >= 0.6 is 0 Å². The van der Waals surface area contributed by atoms with Crippen LogP contribution in [0.15, 0.2) is 42.5 Å². The molecule has 2 aromatic rings. The fourth-order valence-electron chi connectivity index (χ4n) is 2.75. The first-order valence-electron chi connectivity index (χ1n) is 8.86. The van der Waals surface area contributed by atoms with E-state index in [2.05, 4.69) is 24.1 Å². The molecule has 0 radical (unpaired) electrons. The van der Waals surface area contributed by atoms with E-state index in [4.69, 9.17) is 14.2 Å². The number of hydrogen-bond donors (Lipinski definition) is 1. The van der Waals surface area contributed by atoms with Gasteiger partial charge >= 0.3 is 0 Å². The van der Waals surface area contributed by atoms with Crippen LogP contribution in [0.4, 0.5) is 5.69 Å². The van der Waals surface area contributed by atoms with E-state index < -0.39 is 0 Å². The van der Waals surface area contributed by atoms with Crippen LogP contribution in [0.5, 0.6) is 17.2 Å². The second kappa shape index (κ2) is 8.58. The third kappa shape index (κ3) is 4.26. The first kappa shape index (κ1) is 18.1. The largest absolute Gasteiger partial charge is 0.490 e. The van der Waals surface area contributed by atoms with Crippen LogP contribution in [0.2, 0.25) is 0 Å². The molecule has 0 unspecified atom stereocenters. The molecular weight excluding hydrogens is 332 g/mol. The van der Waals surface area contributed by atoms with E-state index in [1.165, 1.54) is 0 Å². The van der Waals surface area contributed by atoms with Crippen molar-refractivity contribution in [3.63, 3.8) is 0 Å². The summed E-state index contributed by atoms with van der Waals surface area (Å²) >= 11 is 0. The second-order valence-electron chi connectivity index (χ2n) is 5.89.